The van der Waals surface area contributed by atoms with Crippen molar-refractivity contribution >= 4 is 23.7 Å². The Morgan fingerprint density at radius 2 is 1.38 bits per heavy atom. The van der Waals surface area contributed by atoms with Crippen molar-refractivity contribution in [3.8, 4) is 0 Å². The molecule has 24 heavy (non-hydrogen) atoms. The van der Waals surface area contributed by atoms with Crippen LogP contribution in [0.5, 0.6) is 0 Å². The molecule has 0 saturated carbocycles. The van der Waals surface area contributed by atoms with Crippen LogP contribution in [-0.4, -0.2) is 25.1 Å². The maximum Gasteiger partial charge on any atom is 0.405 e. The van der Waals surface area contributed by atoms with Crippen molar-refractivity contribution in [3.63, 3.8) is 0 Å². The first kappa shape index (κ1) is 24.6. The third kappa shape index (κ3) is 16.1. The van der Waals surface area contributed by atoms with Gasteiger partial charge in [-0.3, -0.25) is 9.05 Å². The molecule has 0 rings (SSSR count). The van der Waals surface area contributed by atoms with Crippen molar-refractivity contribution in [3.05, 3.63) is 0 Å². The second-order valence-corrected chi connectivity index (χ2v) is 8.86. The molecule has 0 aromatic heterocycles. The fraction of sp³-hybridized carbons (Fsp3) is 1.00. The van der Waals surface area contributed by atoms with E-state index in [2.05, 4.69) is 27.9 Å². The average Bonchev–Trinajstić information content (AvgIpc) is 2.57. The molecule has 4 nitrogen and oxygen atoms in total. The molecule has 0 aliphatic carbocycles. The van der Waals surface area contributed by atoms with Crippen molar-refractivity contribution in [2.75, 3.05) is 25.1 Å². The number of halogens is 1. The molecule has 146 valence electrons. The van der Waals surface area contributed by atoms with Gasteiger partial charge in [-0.2, -0.15) is 0 Å². The van der Waals surface area contributed by atoms with Gasteiger partial charge in [0.05, 0.1) is 13.2 Å². The second kappa shape index (κ2) is 18.4. The summed E-state index contributed by atoms with van der Waals surface area (Å²) in [7, 11) is -3.10. The Morgan fingerprint density at radius 1 is 0.792 bits per heavy atom. The van der Waals surface area contributed by atoms with Gasteiger partial charge >= 0.3 is 7.75 Å². The number of rotatable bonds is 19. The Labute approximate surface area is 158 Å². The van der Waals surface area contributed by atoms with Crippen LogP contribution in [0.2, 0.25) is 0 Å². The highest BCUT2D eigenvalue weighted by atomic mass is 79.9. The van der Waals surface area contributed by atoms with Gasteiger partial charge in [0, 0.05) is 11.9 Å². The van der Waals surface area contributed by atoms with E-state index in [4.69, 9.17) is 9.05 Å². The summed E-state index contributed by atoms with van der Waals surface area (Å²) in [4.78, 5) is 0. The monoisotopic (exact) mass is 427 g/mol. The molecule has 0 aromatic rings. The minimum absolute atomic E-state index is 0.406. The van der Waals surface area contributed by atoms with Crippen LogP contribution < -0.4 is 5.09 Å². The minimum Gasteiger partial charge on any atom is -0.297 e. The number of alkyl halides is 1. The maximum absolute atomic E-state index is 12.5. The lowest BCUT2D eigenvalue weighted by Crippen LogP contribution is -2.16. The van der Waals surface area contributed by atoms with Gasteiger partial charge < -0.3 is 0 Å². The third-order valence-corrected chi connectivity index (χ3v) is 6.22. The lowest BCUT2D eigenvalue weighted by Gasteiger charge is -2.18. The van der Waals surface area contributed by atoms with Crippen LogP contribution in [0, 0.1) is 0 Å². The molecule has 0 bridgehead atoms. The van der Waals surface area contributed by atoms with E-state index in [1.165, 1.54) is 51.4 Å². The number of hydrogen-bond acceptors (Lipinski definition) is 3. The Kier molecular flexibility index (Phi) is 18.8. The van der Waals surface area contributed by atoms with Crippen molar-refractivity contribution in [1.82, 2.24) is 5.09 Å². The quantitative estimate of drug-likeness (QED) is 0.139. The molecule has 1 N–H and O–H groups in total. The molecule has 0 spiro atoms. The first-order valence-corrected chi connectivity index (χ1v) is 12.5. The van der Waals surface area contributed by atoms with Crippen LogP contribution in [0.3, 0.4) is 0 Å². The number of nitrogens with one attached hydrogen (secondary N) is 1. The average molecular weight is 428 g/mol. The van der Waals surface area contributed by atoms with E-state index in [1.54, 1.807) is 0 Å². The zero-order valence-corrected chi connectivity index (χ0v) is 18.3. The van der Waals surface area contributed by atoms with E-state index in [0.29, 0.717) is 19.8 Å². The lowest BCUT2D eigenvalue weighted by molar-refractivity contribution is 0.199. The van der Waals surface area contributed by atoms with Crippen molar-refractivity contribution in [1.29, 1.82) is 0 Å². The van der Waals surface area contributed by atoms with Crippen molar-refractivity contribution in [2.45, 2.75) is 90.9 Å². The molecule has 1 atom stereocenters. The molecule has 0 aliphatic rings. The van der Waals surface area contributed by atoms with Gasteiger partial charge in [0.1, 0.15) is 0 Å². The van der Waals surface area contributed by atoms with E-state index in [1.807, 2.05) is 6.92 Å². The third-order valence-electron chi connectivity index (χ3n) is 3.92. The van der Waals surface area contributed by atoms with Crippen LogP contribution in [0.1, 0.15) is 90.9 Å². The van der Waals surface area contributed by atoms with Crippen LogP contribution in [0.4, 0.5) is 0 Å². The Morgan fingerprint density at radius 3 is 1.96 bits per heavy atom. The molecule has 0 radical (unpaired) electrons. The number of unbranched alkanes of at least 4 members (excludes halogenated alkanes) is 10. The van der Waals surface area contributed by atoms with Crippen molar-refractivity contribution < 1.29 is 13.6 Å². The summed E-state index contributed by atoms with van der Waals surface area (Å²) < 4.78 is 23.4. The summed E-state index contributed by atoms with van der Waals surface area (Å²) >= 11 is 3.41. The van der Waals surface area contributed by atoms with E-state index >= 15 is 0 Å². The second-order valence-electron chi connectivity index (χ2n) is 6.23. The largest absolute Gasteiger partial charge is 0.405 e. The smallest absolute Gasteiger partial charge is 0.297 e. The van der Waals surface area contributed by atoms with Gasteiger partial charge in [-0.05, 0) is 26.2 Å². The molecule has 0 fully saturated rings. The van der Waals surface area contributed by atoms with E-state index < -0.39 is 7.75 Å². The maximum atomic E-state index is 12.5. The first-order valence-electron chi connectivity index (χ1n) is 9.88. The van der Waals surface area contributed by atoms with Gasteiger partial charge in [-0.15, -0.1) is 0 Å². The fourth-order valence-electron chi connectivity index (χ4n) is 2.51. The minimum atomic E-state index is -3.10. The molecule has 0 amide bonds. The van der Waals surface area contributed by atoms with Crippen LogP contribution in [0.25, 0.3) is 0 Å². The SMILES string of the molecule is CCCCCCCCCCCNP(=O)(OCC)OCCCCCBr. The Bertz CT molecular complexity index is 306. The fourth-order valence-corrected chi connectivity index (χ4v) is 4.30. The molecule has 0 heterocycles. The summed E-state index contributed by atoms with van der Waals surface area (Å²) in [6, 6.07) is 0. The molecular formula is C18H39BrNO3P. The van der Waals surface area contributed by atoms with Crippen LogP contribution in [0.15, 0.2) is 0 Å². The van der Waals surface area contributed by atoms with E-state index in [9.17, 15) is 4.57 Å². The Hall–Kier alpha value is 0.590. The van der Waals surface area contributed by atoms with Gasteiger partial charge in [0.25, 0.3) is 0 Å². The van der Waals surface area contributed by atoms with Gasteiger partial charge in [-0.25, -0.2) is 9.65 Å². The summed E-state index contributed by atoms with van der Waals surface area (Å²) in [5, 5.41) is 4.02. The molecule has 0 aliphatic heterocycles. The van der Waals surface area contributed by atoms with Gasteiger partial charge in [0.2, 0.25) is 0 Å². The highest BCUT2D eigenvalue weighted by Gasteiger charge is 2.22. The van der Waals surface area contributed by atoms with Gasteiger partial charge in [-0.1, -0.05) is 80.6 Å². The van der Waals surface area contributed by atoms with Gasteiger partial charge in [0.15, 0.2) is 0 Å². The zero-order chi connectivity index (χ0) is 17.9. The van der Waals surface area contributed by atoms with Crippen molar-refractivity contribution in [2.24, 2.45) is 0 Å². The molecule has 1 unspecified atom stereocenters. The van der Waals surface area contributed by atoms with Crippen LogP contribution >= 0.6 is 23.7 Å². The number of hydrogen-bond donors (Lipinski definition) is 1. The standard InChI is InChI=1S/C18H39BrNO3P/c1-3-5-6-7-8-9-10-11-14-17-20-24(21,22-4-2)23-18-15-12-13-16-19/h3-18H2,1-2H3,(H,20,21). The highest BCUT2D eigenvalue weighted by Crippen LogP contribution is 2.43. The predicted octanol–water partition coefficient (Wildman–Crippen LogP) is 6.83. The summed E-state index contributed by atoms with van der Waals surface area (Å²) in [5.41, 5.74) is 0. The summed E-state index contributed by atoms with van der Waals surface area (Å²) in [6.07, 6.45) is 14.7. The molecule has 0 saturated heterocycles. The first-order chi connectivity index (χ1) is 11.7. The molecule has 0 aromatic carbocycles. The lowest BCUT2D eigenvalue weighted by atomic mass is 10.1. The Balaban J connectivity index is 3.63. The zero-order valence-electron chi connectivity index (χ0n) is 15.9. The molecular weight excluding hydrogens is 389 g/mol. The summed E-state index contributed by atoms with van der Waals surface area (Å²) in [6.45, 7) is 5.70. The predicted molar refractivity (Wildman–Crippen MR) is 108 cm³/mol. The highest BCUT2D eigenvalue weighted by molar-refractivity contribution is 9.09. The molecule has 6 heteroatoms. The van der Waals surface area contributed by atoms with Crippen LogP contribution in [-0.2, 0) is 13.6 Å². The topological polar surface area (TPSA) is 47.6 Å². The van der Waals surface area contributed by atoms with E-state index in [0.717, 1.165) is 31.0 Å². The summed E-state index contributed by atoms with van der Waals surface area (Å²) in [5.74, 6) is 0. The van der Waals surface area contributed by atoms with E-state index in [-0.39, 0.29) is 0 Å². The normalized spacial score (nSPS) is 14.0.